The Kier molecular flexibility index (Phi) is 4.83. The molecule has 6 nitrogen and oxygen atoms in total. The fraction of sp³-hybridized carbons (Fsp3) is 0.333. The maximum absolute atomic E-state index is 12.0. The first-order valence-electron chi connectivity index (χ1n) is 6.70. The van der Waals surface area contributed by atoms with Crippen molar-refractivity contribution in [3.63, 3.8) is 0 Å². The van der Waals surface area contributed by atoms with E-state index in [1.807, 2.05) is 6.07 Å². The second kappa shape index (κ2) is 6.62. The van der Waals surface area contributed by atoms with E-state index in [-0.39, 0.29) is 17.1 Å². The summed E-state index contributed by atoms with van der Waals surface area (Å²) >= 11 is 0. The summed E-state index contributed by atoms with van der Waals surface area (Å²) in [6.45, 7) is 0. The molecule has 1 fully saturated rings. The lowest BCUT2D eigenvalue weighted by molar-refractivity contribution is -0.117. The number of benzene rings is 1. The van der Waals surface area contributed by atoms with Crippen molar-refractivity contribution in [2.75, 3.05) is 18.6 Å². The van der Waals surface area contributed by atoms with Gasteiger partial charge in [0.05, 0.1) is 18.6 Å². The number of methoxy groups -OCH3 is 1. The molecule has 1 saturated heterocycles. The second-order valence-corrected chi connectivity index (χ2v) is 7.25. The summed E-state index contributed by atoms with van der Waals surface area (Å²) in [4.78, 5) is 12.0. The average molecular weight is 320 g/mol. The number of nitriles is 1. The first-order chi connectivity index (χ1) is 10.4. The molecule has 22 heavy (non-hydrogen) atoms. The van der Waals surface area contributed by atoms with Gasteiger partial charge in [-0.25, -0.2) is 8.42 Å². The van der Waals surface area contributed by atoms with Crippen LogP contribution in [0.1, 0.15) is 12.0 Å². The van der Waals surface area contributed by atoms with Gasteiger partial charge in [-0.1, -0.05) is 12.1 Å². The number of sulfone groups is 1. The fourth-order valence-electron chi connectivity index (χ4n) is 2.19. The molecule has 0 saturated carbocycles. The van der Waals surface area contributed by atoms with Gasteiger partial charge in [-0.05, 0) is 30.2 Å². The maximum Gasteiger partial charge on any atom is 0.262 e. The number of nitrogens with one attached hydrogen (secondary N) is 1. The van der Waals surface area contributed by atoms with Crippen LogP contribution in [0, 0.1) is 11.3 Å². The molecular weight excluding hydrogens is 304 g/mol. The minimum atomic E-state index is -3.07. The van der Waals surface area contributed by atoms with Crippen LogP contribution in [-0.2, 0) is 14.6 Å². The van der Waals surface area contributed by atoms with Crippen LogP contribution in [0.4, 0.5) is 0 Å². The van der Waals surface area contributed by atoms with Crippen LogP contribution < -0.4 is 10.1 Å². The Hall–Kier alpha value is -2.33. The minimum Gasteiger partial charge on any atom is -0.497 e. The summed E-state index contributed by atoms with van der Waals surface area (Å²) in [5.74, 6) is 0.124. The maximum atomic E-state index is 12.0. The third-order valence-electron chi connectivity index (χ3n) is 3.36. The number of amides is 1. The lowest BCUT2D eigenvalue weighted by Gasteiger charge is -2.09. The number of rotatable bonds is 4. The molecule has 7 heteroatoms. The van der Waals surface area contributed by atoms with E-state index in [0.717, 1.165) is 0 Å². The van der Waals surface area contributed by atoms with Crippen LogP contribution >= 0.6 is 0 Å². The van der Waals surface area contributed by atoms with Gasteiger partial charge >= 0.3 is 0 Å². The molecule has 0 bridgehead atoms. The topological polar surface area (TPSA) is 96.3 Å². The number of carbonyl (C=O) groups is 1. The Balaban J connectivity index is 2.08. The van der Waals surface area contributed by atoms with Crippen molar-refractivity contribution in [3.05, 3.63) is 35.4 Å². The highest BCUT2D eigenvalue weighted by molar-refractivity contribution is 7.91. The van der Waals surface area contributed by atoms with Crippen molar-refractivity contribution in [2.24, 2.45) is 0 Å². The van der Waals surface area contributed by atoms with Gasteiger partial charge in [0.15, 0.2) is 9.84 Å². The van der Waals surface area contributed by atoms with Crippen molar-refractivity contribution in [1.82, 2.24) is 5.32 Å². The predicted molar refractivity (Wildman–Crippen MR) is 81.8 cm³/mol. The second-order valence-electron chi connectivity index (χ2n) is 5.02. The standard InChI is InChI=1S/C15H16N2O4S/c1-21-14-4-2-11(3-5-14)8-12(9-16)15(18)17-13-6-7-22(19,20)10-13/h2-5,8,13H,6-7,10H2,1H3,(H,17,18)/b12-8-/t13-/m1/s1. The van der Waals surface area contributed by atoms with E-state index in [2.05, 4.69) is 5.32 Å². The average Bonchev–Trinajstić information content (AvgIpc) is 2.84. The van der Waals surface area contributed by atoms with E-state index in [1.165, 1.54) is 6.08 Å². The highest BCUT2D eigenvalue weighted by Gasteiger charge is 2.29. The van der Waals surface area contributed by atoms with Crippen molar-refractivity contribution in [2.45, 2.75) is 12.5 Å². The molecule has 1 aliphatic rings. The zero-order chi connectivity index (χ0) is 16.2. The Labute approximate surface area is 129 Å². The summed E-state index contributed by atoms with van der Waals surface area (Å²) in [7, 11) is -1.52. The van der Waals surface area contributed by atoms with E-state index in [4.69, 9.17) is 10.00 Å². The molecule has 0 unspecified atom stereocenters. The highest BCUT2D eigenvalue weighted by Crippen LogP contribution is 2.15. The SMILES string of the molecule is COc1ccc(/C=C(/C#N)C(=O)N[C@@H]2CCS(=O)(=O)C2)cc1. The molecule has 0 radical (unpaired) electrons. The van der Waals surface area contributed by atoms with Crippen molar-refractivity contribution in [3.8, 4) is 11.8 Å². The molecule has 0 aromatic heterocycles. The Morgan fingerprint density at radius 2 is 2.09 bits per heavy atom. The predicted octanol–water partition coefficient (Wildman–Crippen LogP) is 0.905. The lowest BCUT2D eigenvalue weighted by Crippen LogP contribution is -2.36. The van der Waals surface area contributed by atoms with Crippen LogP contribution in [0.5, 0.6) is 5.75 Å². The van der Waals surface area contributed by atoms with Gasteiger partial charge in [-0.15, -0.1) is 0 Å². The highest BCUT2D eigenvalue weighted by atomic mass is 32.2. The molecule has 1 heterocycles. The first kappa shape index (κ1) is 16.0. The van der Waals surface area contributed by atoms with E-state index in [9.17, 15) is 13.2 Å². The molecular formula is C15H16N2O4S. The van der Waals surface area contributed by atoms with Gasteiger partial charge in [-0.3, -0.25) is 4.79 Å². The van der Waals surface area contributed by atoms with Gasteiger partial charge in [0, 0.05) is 6.04 Å². The molecule has 0 aliphatic carbocycles. The smallest absolute Gasteiger partial charge is 0.262 e. The van der Waals surface area contributed by atoms with Gasteiger partial charge < -0.3 is 10.1 Å². The molecule has 0 spiro atoms. The minimum absolute atomic E-state index is 0.0607. The zero-order valence-corrected chi connectivity index (χ0v) is 12.9. The quantitative estimate of drug-likeness (QED) is 0.657. The number of nitrogens with zero attached hydrogens (tertiary/aromatic N) is 1. The Bertz CT molecular complexity index is 730. The summed E-state index contributed by atoms with van der Waals surface area (Å²) in [5.41, 5.74) is 0.626. The Morgan fingerprint density at radius 3 is 2.59 bits per heavy atom. The lowest BCUT2D eigenvalue weighted by atomic mass is 10.1. The van der Waals surface area contributed by atoms with Crippen LogP contribution in [0.3, 0.4) is 0 Å². The monoisotopic (exact) mass is 320 g/mol. The van der Waals surface area contributed by atoms with Gasteiger partial charge in [0.2, 0.25) is 0 Å². The van der Waals surface area contributed by atoms with Crippen molar-refractivity contribution < 1.29 is 17.9 Å². The van der Waals surface area contributed by atoms with Crippen LogP contribution in [0.2, 0.25) is 0 Å². The van der Waals surface area contributed by atoms with E-state index in [0.29, 0.717) is 17.7 Å². The molecule has 2 rings (SSSR count). The largest absolute Gasteiger partial charge is 0.497 e. The number of hydrogen-bond donors (Lipinski definition) is 1. The molecule has 1 N–H and O–H groups in total. The first-order valence-corrected chi connectivity index (χ1v) is 8.53. The third-order valence-corrected chi connectivity index (χ3v) is 5.13. The summed E-state index contributed by atoms with van der Waals surface area (Å²) in [6, 6.07) is 8.32. The molecule has 1 atom stereocenters. The van der Waals surface area contributed by atoms with E-state index < -0.39 is 21.8 Å². The molecule has 1 amide bonds. The number of ether oxygens (including phenoxy) is 1. The van der Waals surface area contributed by atoms with Crippen molar-refractivity contribution in [1.29, 1.82) is 5.26 Å². The molecule has 1 aromatic rings. The van der Waals surface area contributed by atoms with Crippen LogP contribution in [0.25, 0.3) is 6.08 Å². The molecule has 116 valence electrons. The van der Waals surface area contributed by atoms with E-state index >= 15 is 0 Å². The fourth-order valence-corrected chi connectivity index (χ4v) is 3.86. The van der Waals surface area contributed by atoms with Crippen LogP contribution in [-0.4, -0.2) is 39.0 Å². The normalized spacial score (nSPS) is 20.2. The summed E-state index contributed by atoms with van der Waals surface area (Å²) in [6.07, 6.45) is 1.84. The Morgan fingerprint density at radius 1 is 1.41 bits per heavy atom. The third kappa shape index (κ3) is 4.09. The van der Waals surface area contributed by atoms with Gasteiger partial charge in [0.1, 0.15) is 17.4 Å². The number of hydrogen-bond acceptors (Lipinski definition) is 5. The summed E-state index contributed by atoms with van der Waals surface area (Å²) < 4.78 is 27.8. The summed E-state index contributed by atoms with van der Waals surface area (Å²) in [5, 5.41) is 11.7. The van der Waals surface area contributed by atoms with Gasteiger partial charge in [-0.2, -0.15) is 5.26 Å². The van der Waals surface area contributed by atoms with Crippen molar-refractivity contribution >= 4 is 21.8 Å². The van der Waals surface area contributed by atoms with Gasteiger partial charge in [0.25, 0.3) is 5.91 Å². The van der Waals surface area contributed by atoms with E-state index in [1.54, 1.807) is 31.4 Å². The molecule has 1 aromatic carbocycles. The number of carbonyl (C=O) groups excluding carboxylic acids is 1. The van der Waals surface area contributed by atoms with Crippen LogP contribution in [0.15, 0.2) is 29.8 Å². The molecule has 1 aliphatic heterocycles. The zero-order valence-electron chi connectivity index (χ0n) is 12.1.